The molecule has 0 radical (unpaired) electrons. The number of fused-ring (bicyclic) bond motifs is 3. The summed E-state index contributed by atoms with van der Waals surface area (Å²) in [5.74, 6) is -3.15. The van der Waals surface area contributed by atoms with E-state index in [1.165, 1.54) is 0 Å². The molecule has 1 aliphatic rings. The molecule has 0 saturated heterocycles. The number of hydrogen-bond donors (Lipinski definition) is 3. The van der Waals surface area contributed by atoms with E-state index in [0.717, 1.165) is 22.3 Å². The van der Waals surface area contributed by atoms with Gasteiger partial charge < -0.3 is 20.5 Å². The number of carboxylic acids is 1. The van der Waals surface area contributed by atoms with Gasteiger partial charge in [-0.1, -0.05) is 68.3 Å². The van der Waals surface area contributed by atoms with Gasteiger partial charge in [-0.05, 0) is 28.7 Å². The van der Waals surface area contributed by atoms with Gasteiger partial charge in [0.25, 0.3) is 5.91 Å². The highest BCUT2D eigenvalue weighted by atomic mass is 19.4. The third kappa shape index (κ3) is 6.52. The molecule has 0 heterocycles. The third-order valence-electron chi connectivity index (χ3n) is 5.87. The number of carbonyl (C=O) groups excluding carboxylic acids is 2. The minimum absolute atomic E-state index is 0.198. The van der Waals surface area contributed by atoms with Crippen LogP contribution in [0.4, 0.5) is 18.0 Å². The quantitative estimate of drug-likeness (QED) is 0.450. The fourth-order valence-corrected chi connectivity index (χ4v) is 4.23. The van der Waals surface area contributed by atoms with Crippen LogP contribution in [0.15, 0.2) is 48.5 Å². The van der Waals surface area contributed by atoms with Crippen LogP contribution in [0, 0.1) is 0 Å². The predicted molar refractivity (Wildman–Crippen MR) is 122 cm³/mol. The van der Waals surface area contributed by atoms with Crippen molar-refractivity contribution in [2.45, 2.75) is 56.8 Å². The first-order valence-electron chi connectivity index (χ1n) is 11.3. The van der Waals surface area contributed by atoms with E-state index in [1.54, 1.807) is 5.32 Å². The number of amides is 2. The van der Waals surface area contributed by atoms with Gasteiger partial charge in [-0.25, -0.2) is 4.79 Å². The zero-order valence-corrected chi connectivity index (χ0v) is 19.1. The van der Waals surface area contributed by atoms with Gasteiger partial charge in [0, 0.05) is 12.0 Å². The van der Waals surface area contributed by atoms with Crippen LogP contribution < -0.4 is 10.6 Å². The van der Waals surface area contributed by atoms with Crippen LogP contribution in [-0.4, -0.2) is 47.9 Å². The highest BCUT2D eigenvalue weighted by Gasteiger charge is 2.47. The lowest BCUT2D eigenvalue weighted by Gasteiger charge is -2.24. The van der Waals surface area contributed by atoms with Crippen molar-refractivity contribution in [2.24, 2.45) is 0 Å². The van der Waals surface area contributed by atoms with Crippen LogP contribution in [0.25, 0.3) is 11.1 Å². The molecule has 7 nitrogen and oxygen atoms in total. The molecule has 1 aliphatic carbocycles. The standard InChI is InChI=1S/C25H27F3N2O5/c1-2-3-8-15(13-21(31)32)29-23(33)22(25(26,27)28)30-24(34)35-14-20-18-11-6-4-9-16(18)17-10-5-7-12-19(17)20/h4-7,9-12,15,20,22H,2-3,8,13-14H2,1H3,(H,29,33)(H,30,34)(H,31,32). The van der Waals surface area contributed by atoms with E-state index < -0.39 is 42.7 Å². The lowest BCUT2D eigenvalue weighted by atomic mass is 9.98. The number of alkyl halides is 3. The summed E-state index contributed by atoms with van der Waals surface area (Å²) in [4.78, 5) is 35.7. The topological polar surface area (TPSA) is 105 Å². The summed E-state index contributed by atoms with van der Waals surface area (Å²) in [7, 11) is 0. The number of benzene rings is 2. The van der Waals surface area contributed by atoms with Crippen LogP contribution in [-0.2, 0) is 14.3 Å². The molecule has 2 atom stereocenters. The number of ether oxygens (including phenoxy) is 1. The molecule has 35 heavy (non-hydrogen) atoms. The van der Waals surface area contributed by atoms with Crippen LogP contribution in [0.2, 0.25) is 0 Å². The summed E-state index contributed by atoms with van der Waals surface area (Å²) >= 11 is 0. The SMILES string of the molecule is CCCCC(CC(=O)O)NC(=O)C(NC(=O)OCC1c2ccccc2-c2ccccc21)C(F)(F)F. The summed E-state index contributed by atoms with van der Waals surface area (Å²) in [6.07, 6.45) is -5.63. The van der Waals surface area contributed by atoms with Gasteiger partial charge in [0.05, 0.1) is 6.42 Å². The Morgan fingerprint density at radius 3 is 2.09 bits per heavy atom. The molecule has 0 fully saturated rings. The van der Waals surface area contributed by atoms with E-state index in [0.29, 0.717) is 12.8 Å². The summed E-state index contributed by atoms with van der Waals surface area (Å²) in [6, 6.07) is 11.1. The lowest BCUT2D eigenvalue weighted by Crippen LogP contribution is -2.57. The lowest BCUT2D eigenvalue weighted by molar-refractivity contribution is -0.168. The number of rotatable bonds is 10. The largest absolute Gasteiger partial charge is 0.481 e. The van der Waals surface area contributed by atoms with Crippen LogP contribution in [0.3, 0.4) is 0 Å². The number of aliphatic carboxylic acids is 1. The number of nitrogens with one attached hydrogen (secondary N) is 2. The molecule has 2 aromatic carbocycles. The van der Waals surface area contributed by atoms with Crippen molar-refractivity contribution in [3.63, 3.8) is 0 Å². The number of hydrogen-bond acceptors (Lipinski definition) is 4. The second kappa shape index (κ2) is 11.2. The van der Waals surface area contributed by atoms with Gasteiger partial charge in [-0.3, -0.25) is 9.59 Å². The average molecular weight is 492 g/mol. The van der Waals surface area contributed by atoms with Crippen LogP contribution in [0.1, 0.15) is 49.7 Å². The van der Waals surface area contributed by atoms with Crippen molar-refractivity contribution in [3.8, 4) is 11.1 Å². The second-order valence-electron chi connectivity index (χ2n) is 8.39. The first-order chi connectivity index (χ1) is 16.6. The highest BCUT2D eigenvalue weighted by Crippen LogP contribution is 2.44. The number of unbranched alkanes of at least 4 members (excludes halogenated alkanes) is 1. The number of halogens is 3. The van der Waals surface area contributed by atoms with Gasteiger partial charge in [-0.15, -0.1) is 0 Å². The normalized spacial score (nSPS) is 14.4. The van der Waals surface area contributed by atoms with Crippen LogP contribution in [0.5, 0.6) is 0 Å². The fraction of sp³-hybridized carbons (Fsp3) is 0.400. The molecular weight excluding hydrogens is 465 g/mol. The van der Waals surface area contributed by atoms with Gasteiger partial charge in [0.15, 0.2) is 0 Å². The van der Waals surface area contributed by atoms with E-state index in [-0.39, 0.29) is 18.9 Å². The number of carboxylic acid groups (broad SMARTS) is 1. The Bertz CT molecular complexity index is 1030. The highest BCUT2D eigenvalue weighted by molar-refractivity contribution is 5.87. The van der Waals surface area contributed by atoms with Crippen molar-refractivity contribution in [1.82, 2.24) is 10.6 Å². The second-order valence-corrected chi connectivity index (χ2v) is 8.39. The molecule has 2 amide bonds. The Kier molecular flexibility index (Phi) is 8.37. The molecule has 2 aromatic rings. The Morgan fingerprint density at radius 1 is 1.00 bits per heavy atom. The molecule has 0 bridgehead atoms. The maximum atomic E-state index is 13.6. The number of alkyl carbamates (subject to hydrolysis) is 1. The molecular formula is C25H27F3N2O5. The van der Waals surface area contributed by atoms with Crippen molar-refractivity contribution in [1.29, 1.82) is 0 Å². The zero-order chi connectivity index (χ0) is 25.6. The molecule has 3 rings (SSSR count). The fourth-order valence-electron chi connectivity index (χ4n) is 4.23. The van der Waals surface area contributed by atoms with Gasteiger partial charge >= 0.3 is 18.2 Å². The first kappa shape index (κ1) is 26.1. The van der Waals surface area contributed by atoms with Crippen molar-refractivity contribution in [3.05, 3.63) is 59.7 Å². The van der Waals surface area contributed by atoms with E-state index >= 15 is 0 Å². The zero-order valence-electron chi connectivity index (χ0n) is 19.1. The third-order valence-corrected chi connectivity index (χ3v) is 5.87. The average Bonchev–Trinajstić information content (AvgIpc) is 3.12. The summed E-state index contributed by atoms with van der Waals surface area (Å²) in [5.41, 5.74) is 3.69. The Labute approximate surface area is 200 Å². The molecule has 10 heteroatoms. The van der Waals surface area contributed by atoms with Crippen molar-refractivity contribution >= 4 is 18.0 Å². The smallest absolute Gasteiger partial charge is 0.417 e. The molecule has 0 spiro atoms. The molecule has 188 valence electrons. The minimum atomic E-state index is -5.10. The molecule has 0 aromatic heterocycles. The first-order valence-corrected chi connectivity index (χ1v) is 11.3. The number of carbonyl (C=O) groups is 3. The molecule has 2 unspecified atom stereocenters. The Hall–Kier alpha value is -3.56. The minimum Gasteiger partial charge on any atom is -0.481 e. The predicted octanol–water partition coefficient (Wildman–Crippen LogP) is 4.61. The molecule has 0 aliphatic heterocycles. The Morgan fingerprint density at radius 2 is 1.57 bits per heavy atom. The monoisotopic (exact) mass is 492 g/mol. The van der Waals surface area contributed by atoms with Crippen molar-refractivity contribution in [2.75, 3.05) is 6.61 Å². The van der Waals surface area contributed by atoms with Gasteiger partial charge in [0.2, 0.25) is 6.04 Å². The molecule has 0 saturated carbocycles. The summed E-state index contributed by atoms with van der Waals surface area (Å²) in [5, 5.41) is 12.7. The van der Waals surface area contributed by atoms with E-state index in [4.69, 9.17) is 9.84 Å². The Balaban J connectivity index is 1.67. The summed E-state index contributed by atoms with van der Waals surface area (Å²) in [6.45, 7) is 1.61. The van der Waals surface area contributed by atoms with E-state index in [2.05, 4.69) is 5.32 Å². The molecule has 3 N–H and O–H groups in total. The summed E-state index contributed by atoms with van der Waals surface area (Å²) < 4.78 is 45.9. The van der Waals surface area contributed by atoms with E-state index in [9.17, 15) is 27.6 Å². The van der Waals surface area contributed by atoms with Crippen molar-refractivity contribution < 1.29 is 37.4 Å². The van der Waals surface area contributed by atoms with Gasteiger partial charge in [0.1, 0.15) is 6.61 Å². The van der Waals surface area contributed by atoms with Gasteiger partial charge in [-0.2, -0.15) is 13.2 Å². The maximum Gasteiger partial charge on any atom is 0.417 e. The van der Waals surface area contributed by atoms with E-state index in [1.807, 2.05) is 55.5 Å². The maximum absolute atomic E-state index is 13.6. The van der Waals surface area contributed by atoms with Crippen LogP contribution >= 0.6 is 0 Å².